The van der Waals surface area contributed by atoms with Crippen LogP contribution in [0.15, 0.2) is 16.7 Å². The number of nitrogens with zero attached hydrogens (tertiary/aromatic N) is 2. The lowest BCUT2D eigenvalue weighted by Gasteiger charge is -2.02. The van der Waals surface area contributed by atoms with Gasteiger partial charge in [0.05, 0.1) is 5.69 Å². The highest BCUT2D eigenvalue weighted by atomic mass is 79.9. The molecular formula is C12H15BrN2. The van der Waals surface area contributed by atoms with Crippen molar-refractivity contribution >= 4 is 21.6 Å². The van der Waals surface area contributed by atoms with Crippen LogP contribution in [0.25, 0.3) is 5.65 Å². The van der Waals surface area contributed by atoms with Gasteiger partial charge in [0, 0.05) is 16.4 Å². The lowest BCUT2D eigenvalue weighted by Crippen LogP contribution is -1.92. The monoisotopic (exact) mass is 266 g/mol. The fraction of sp³-hybridized carbons (Fsp3) is 0.417. The maximum Gasteiger partial charge on any atom is 0.140 e. The minimum absolute atomic E-state index is 0.475. The Bertz CT molecular complexity index is 512. The highest BCUT2D eigenvalue weighted by molar-refractivity contribution is 9.10. The Labute approximate surface area is 98.5 Å². The fourth-order valence-electron chi connectivity index (χ4n) is 1.95. The van der Waals surface area contributed by atoms with E-state index in [4.69, 9.17) is 4.98 Å². The predicted molar refractivity (Wildman–Crippen MR) is 66.5 cm³/mol. The predicted octanol–water partition coefficient (Wildman–Crippen LogP) is 3.84. The normalized spacial score (nSPS) is 11.6. The molecule has 0 saturated heterocycles. The second-order valence-electron chi connectivity index (χ2n) is 4.27. The van der Waals surface area contributed by atoms with Gasteiger partial charge in [0.25, 0.3) is 0 Å². The molecule has 2 rings (SSSR count). The average molecular weight is 267 g/mol. The van der Waals surface area contributed by atoms with Crippen LogP contribution < -0.4 is 0 Å². The summed E-state index contributed by atoms with van der Waals surface area (Å²) in [5, 5.41) is 0. The zero-order valence-electron chi connectivity index (χ0n) is 9.50. The summed E-state index contributed by atoms with van der Waals surface area (Å²) in [5.41, 5.74) is 4.71. The summed E-state index contributed by atoms with van der Waals surface area (Å²) in [4.78, 5) is 4.69. The first-order valence-electron chi connectivity index (χ1n) is 5.15. The van der Waals surface area contributed by atoms with Crippen LogP contribution in [0, 0.1) is 13.8 Å². The smallest absolute Gasteiger partial charge is 0.140 e. The molecule has 2 heterocycles. The second-order valence-corrected chi connectivity index (χ2v) is 5.19. The van der Waals surface area contributed by atoms with Crippen molar-refractivity contribution in [3.63, 3.8) is 0 Å². The molecule has 0 bridgehead atoms. The van der Waals surface area contributed by atoms with Gasteiger partial charge in [-0.1, -0.05) is 13.8 Å². The number of aromatic nitrogens is 2. The number of hydrogen-bond acceptors (Lipinski definition) is 1. The van der Waals surface area contributed by atoms with Crippen LogP contribution in [-0.4, -0.2) is 9.38 Å². The van der Waals surface area contributed by atoms with Crippen molar-refractivity contribution in [1.82, 2.24) is 9.38 Å². The maximum absolute atomic E-state index is 4.69. The third kappa shape index (κ3) is 1.69. The molecule has 0 amide bonds. The van der Waals surface area contributed by atoms with E-state index in [1.54, 1.807) is 0 Å². The van der Waals surface area contributed by atoms with Gasteiger partial charge in [-0.15, -0.1) is 0 Å². The molecular weight excluding hydrogens is 252 g/mol. The van der Waals surface area contributed by atoms with Gasteiger partial charge in [-0.3, -0.25) is 0 Å². The zero-order valence-corrected chi connectivity index (χ0v) is 11.1. The van der Waals surface area contributed by atoms with Crippen LogP contribution in [0.3, 0.4) is 0 Å². The molecule has 2 nitrogen and oxygen atoms in total. The molecule has 0 aliphatic heterocycles. The largest absolute Gasteiger partial charge is 0.303 e. The molecule has 0 spiro atoms. The highest BCUT2D eigenvalue weighted by Gasteiger charge is 2.12. The lowest BCUT2D eigenvalue weighted by atomic mass is 10.1. The Hall–Kier alpha value is -0.830. The molecule has 15 heavy (non-hydrogen) atoms. The first-order valence-corrected chi connectivity index (χ1v) is 5.94. The summed E-state index contributed by atoms with van der Waals surface area (Å²) in [5.74, 6) is 0.475. The standard InChI is InChI=1S/C12H15BrN2/c1-7(2)11-9(4)15-6-10(13)5-8(3)12(15)14-11/h5-7H,1-4H3. The van der Waals surface area contributed by atoms with Crippen LogP contribution in [0.4, 0.5) is 0 Å². The minimum Gasteiger partial charge on any atom is -0.303 e. The third-order valence-corrected chi connectivity index (χ3v) is 3.13. The Morgan fingerprint density at radius 3 is 2.60 bits per heavy atom. The molecule has 0 saturated carbocycles. The van der Waals surface area contributed by atoms with E-state index in [1.165, 1.54) is 17.0 Å². The molecule has 0 N–H and O–H groups in total. The fourth-order valence-corrected chi connectivity index (χ4v) is 2.49. The van der Waals surface area contributed by atoms with Crippen molar-refractivity contribution in [3.05, 3.63) is 33.7 Å². The first-order chi connectivity index (χ1) is 7.00. The molecule has 0 unspecified atom stereocenters. The van der Waals surface area contributed by atoms with Crippen molar-refractivity contribution in [2.75, 3.05) is 0 Å². The molecule has 2 aromatic rings. The van der Waals surface area contributed by atoms with Crippen LogP contribution in [0.1, 0.15) is 36.7 Å². The molecule has 0 fully saturated rings. The topological polar surface area (TPSA) is 17.3 Å². The van der Waals surface area contributed by atoms with Gasteiger partial charge in [-0.25, -0.2) is 4.98 Å². The van der Waals surface area contributed by atoms with E-state index in [-0.39, 0.29) is 0 Å². The molecule has 3 heteroatoms. The van der Waals surface area contributed by atoms with Gasteiger partial charge in [0.15, 0.2) is 0 Å². The van der Waals surface area contributed by atoms with Crippen molar-refractivity contribution in [3.8, 4) is 0 Å². The van der Waals surface area contributed by atoms with E-state index < -0.39 is 0 Å². The Morgan fingerprint density at radius 2 is 2.00 bits per heavy atom. The number of pyridine rings is 1. The minimum atomic E-state index is 0.475. The van der Waals surface area contributed by atoms with E-state index in [1.807, 2.05) is 0 Å². The first kappa shape index (κ1) is 10.7. The maximum atomic E-state index is 4.69. The van der Waals surface area contributed by atoms with Gasteiger partial charge in [-0.2, -0.15) is 0 Å². The van der Waals surface area contributed by atoms with Crippen molar-refractivity contribution in [2.45, 2.75) is 33.6 Å². The summed E-state index contributed by atoms with van der Waals surface area (Å²) in [7, 11) is 0. The Kier molecular flexibility index (Phi) is 2.59. The second kappa shape index (κ2) is 3.63. The van der Waals surface area contributed by atoms with Gasteiger partial charge in [0.1, 0.15) is 5.65 Å². The van der Waals surface area contributed by atoms with E-state index in [9.17, 15) is 0 Å². The summed E-state index contributed by atoms with van der Waals surface area (Å²) >= 11 is 3.52. The molecule has 2 aromatic heterocycles. The highest BCUT2D eigenvalue weighted by Crippen LogP contribution is 2.24. The van der Waals surface area contributed by atoms with Crippen molar-refractivity contribution in [1.29, 1.82) is 0 Å². The summed E-state index contributed by atoms with van der Waals surface area (Å²) in [6.45, 7) is 8.58. The SMILES string of the molecule is Cc1cc(Br)cn2c(C)c(C(C)C)nc12. The quantitative estimate of drug-likeness (QED) is 0.767. The number of hydrogen-bond donors (Lipinski definition) is 0. The van der Waals surface area contributed by atoms with Gasteiger partial charge in [-0.05, 0) is 47.3 Å². The Morgan fingerprint density at radius 1 is 1.33 bits per heavy atom. The zero-order chi connectivity index (χ0) is 11.2. The van der Waals surface area contributed by atoms with Crippen LogP contribution in [0.5, 0.6) is 0 Å². The molecule has 0 atom stereocenters. The van der Waals surface area contributed by atoms with Crippen LogP contribution >= 0.6 is 15.9 Å². The summed E-state index contributed by atoms with van der Waals surface area (Å²) in [6, 6.07) is 2.10. The molecule has 0 radical (unpaired) electrons. The van der Waals surface area contributed by atoms with E-state index in [2.05, 4.69) is 60.3 Å². The van der Waals surface area contributed by atoms with Crippen molar-refractivity contribution < 1.29 is 0 Å². The number of imidazole rings is 1. The number of halogens is 1. The lowest BCUT2D eigenvalue weighted by molar-refractivity contribution is 0.821. The van der Waals surface area contributed by atoms with Crippen molar-refractivity contribution in [2.24, 2.45) is 0 Å². The van der Waals surface area contributed by atoms with Gasteiger partial charge < -0.3 is 4.40 Å². The molecule has 0 aliphatic rings. The summed E-state index contributed by atoms with van der Waals surface area (Å²) < 4.78 is 3.26. The van der Waals surface area contributed by atoms with E-state index in [0.29, 0.717) is 5.92 Å². The molecule has 80 valence electrons. The van der Waals surface area contributed by atoms with Crippen LogP contribution in [-0.2, 0) is 0 Å². The number of aryl methyl sites for hydroxylation is 2. The Balaban J connectivity index is 2.82. The molecule has 0 aliphatic carbocycles. The van der Waals surface area contributed by atoms with Crippen LogP contribution in [0.2, 0.25) is 0 Å². The van der Waals surface area contributed by atoms with Gasteiger partial charge in [0.2, 0.25) is 0 Å². The molecule has 0 aromatic carbocycles. The third-order valence-electron chi connectivity index (χ3n) is 2.69. The summed E-state index contributed by atoms with van der Waals surface area (Å²) in [6.07, 6.45) is 2.08. The van der Waals surface area contributed by atoms with E-state index >= 15 is 0 Å². The van der Waals surface area contributed by atoms with E-state index in [0.717, 1.165) is 10.1 Å². The number of rotatable bonds is 1. The number of fused-ring (bicyclic) bond motifs is 1. The van der Waals surface area contributed by atoms with Gasteiger partial charge >= 0.3 is 0 Å². The average Bonchev–Trinajstić information content (AvgIpc) is 2.44.